The Labute approximate surface area is 199 Å². The van der Waals surface area contributed by atoms with Gasteiger partial charge in [0.05, 0.1) is 17.1 Å². The first-order chi connectivity index (χ1) is 15.4. The Bertz CT molecular complexity index is 1030. The number of thiophene rings is 1. The minimum Gasteiger partial charge on any atom is -0.360 e. The Morgan fingerprint density at radius 3 is 2.69 bits per heavy atom. The van der Waals surface area contributed by atoms with Crippen LogP contribution in [0.25, 0.3) is 0 Å². The number of hydrogen-bond donors (Lipinski definition) is 2. The van der Waals surface area contributed by atoms with Gasteiger partial charge in [-0.25, -0.2) is 4.42 Å². The predicted molar refractivity (Wildman–Crippen MR) is 132 cm³/mol. The van der Waals surface area contributed by atoms with E-state index < -0.39 is 0 Å². The fourth-order valence-electron chi connectivity index (χ4n) is 5.25. The summed E-state index contributed by atoms with van der Waals surface area (Å²) in [6, 6.07) is 2.45. The SMILES string of the molecule is Cc1cc(C)c(CN(Cl)C(=O)c2csc(N3CCCCC3C3CCNCC3)c2C)c(=O)[nH]1. The van der Waals surface area contributed by atoms with Gasteiger partial charge in [0, 0.05) is 41.0 Å². The van der Waals surface area contributed by atoms with Gasteiger partial charge in [-0.3, -0.25) is 9.59 Å². The van der Waals surface area contributed by atoms with Crippen LogP contribution in [0, 0.1) is 26.7 Å². The third kappa shape index (κ3) is 4.75. The van der Waals surface area contributed by atoms with E-state index in [0.717, 1.165) is 40.9 Å². The summed E-state index contributed by atoms with van der Waals surface area (Å²) in [4.78, 5) is 30.9. The zero-order valence-corrected chi connectivity index (χ0v) is 20.7. The number of anilines is 1. The quantitative estimate of drug-likeness (QED) is 0.623. The number of rotatable bonds is 5. The van der Waals surface area contributed by atoms with Crippen LogP contribution in [0.15, 0.2) is 16.2 Å². The molecule has 174 valence electrons. The van der Waals surface area contributed by atoms with Crippen molar-refractivity contribution in [1.29, 1.82) is 0 Å². The second-order valence-electron chi connectivity index (χ2n) is 9.19. The van der Waals surface area contributed by atoms with Gasteiger partial charge in [0.1, 0.15) is 0 Å². The highest BCUT2D eigenvalue weighted by Crippen LogP contribution is 2.39. The van der Waals surface area contributed by atoms with Gasteiger partial charge < -0.3 is 15.2 Å². The molecule has 2 aliphatic heterocycles. The molecule has 0 saturated carbocycles. The number of nitrogens with zero attached hydrogens (tertiary/aromatic N) is 2. The van der Waals surface area contributed by atoms with Crippen LogP contribution in [0.1, 0.15) is 64.8 Å². The summed E-state index contributed by atoms with van der Waals surface area (Å²) < 4.78 is 1.15. The molecular weight excluding hydrogens is 444 g/mol. The maximum absolute atomic E-state index is 13.2. The molecular formula is C24H33ClN4O2S. The largest absolute Gasteiger partial charge is 0.360 e. The Balaban J connectivity index is 1.54. The van der Waals surface area contributed by atoms with E-state index in [4.69, 9.17) is 11.8 Å². The normalized spacial score (nSPS) is 19.9. The second kappa shape index (κ2) is 9.98. The highest BCUT2D eigenvalue weighted by atomic mass is 35.5. The average molecular weight is 477 g/mol. The Kier molecular flexibility index (Phi) is 7.27. The number of pyridine rings is 1. The molecule has 0 aromatic carbocycles. The fourth-order valence-corrected chi connectivity index (χ4v) is 6.62. The highest BCUT2D eigenvalue weighted by Gasteiger charge is 2.33. The Hall–Kier alpha value is -1.83. The number of carbonyl (C=O) groups is 1. The van der Waals surface area contributed by atoms with Crippen LogP contribution in [-0.2, 0) is 6.54 Å². The van der Waals surface area contributed by atoms with Gasteiger partial charge in [0.2, 0.25) is 0 Å². The lowest BCUT2D eigenvalue weighted by Crippen LogP contribution is -2.47. The molecule has 1 atom stereocenters. The molecule has 2 aliphatic rings. The smallest absolute Gasteiger partial charge is 0.269 e. The van der Waals surface area contributed by atoms with E-state index in [9.17, 15) is 9.59 Å². The summed E-state index contributed by atoms with van der Waals surface area (Å²) in [6.45, 7) is 9.07. The van der Waals surface area contributed by atoms with Crippen LogP contribution in [0.5, 0.6) is 0 Å². The monoisotopic (exact) mass is 476 g/mol. The van der Waals surface area contributed by atoms with Crippen molar-refractivity contribution in [1.82, 2.24) is 14.7 Å². The van der Waals surface area contributed by atoms with Crippen molar-refractivity contribution in [2.45, 2.75) is 65.5 Å². The average Bonchev–Trinajstić information content (AvgIpc) is 3.17. The van der Waals surface area contributed by atoms with Gasteiger partial charge in [-0.1, -0.05) is 0 Å². The van der Waals surface area contributed by atoms with E-state index in [1.54, 1.807) is 11.3 Å². The molecule has 4 heterocycles. The Morgan fingerprint density at radius 1 is 1.22 bits per heavy atom. The number of H-pyrrole nitrogens is 1. The second-order valence-corrected chi connectivity index (χ2v) is 10.5. The Morgan fingerprint density at radius 2 is 1.97 bits per heavy atom. The van der Waals surface area contributed by atoms with Gasteiger partial charge >= 0.3 is 0 Å². The van der Waals surface area contributed by atoms with Crippen molar-refractivity contribution in [2.24, 2.45) is 5.92 Å². The van der Waals surface area contributed by atoms with Crippen LogP contribution in [0.4, 0.5) is 5.00 Å². The van der Waals surface area contributed by atoms with Crippen molar-refractivity contribution >= 4 is 34.0 Å². The zero-order valence-electron chi connectivity index (χ0n) is 19.2. The van der Waals surface area contributed by atoms with Crippen molar-refractivity contribution in [3.63, 3.8) is 0 Å². The maximum atomic E-state index is 13.2. The molecule has 8 heteroatoms. The van der Waals surface area contributed by atoms with Gasteiger partial charge in [-0.05, 0) is 89.1 Å². The lowest BCUT2D eigenvalue weighted by molar-refractivity contribution is 0.0856. The molecule has 0 bridgehead atoms. The molecule has 2 aromatic heterocycles. The van der Waals surface area contributed by atoms with E-state index in [0.29, 0.717) is 23.1 Å². The van der Waals surface area contributed by atoms with Crippen LogP contribution in [-0.4, -0.2) is 41.0 Å². The summed E-state index contributed by atoms with van der Waals surface area (Å²) in [5.74, 6) is 0.458. The standard InChI is InChI=1S/C24H33ClN4O2S/c1-15-12-16(2)27-22(30)19(15)13-29(25)23(31)20-14-32-24(17(20)3)28-11-5-4-6-21(28)18-7-9-26-10-8-18/h12,14,18,21,26H,4-11,13H2,1-3H3,(H,27,30). The van der Waals surface area contributed by atoms with Crippen LogP contribution < -0.4 is 15.8 Å². The lowest BCUT2D eigenvalue weighted by atomic mass is 9.84. The van der Waals surface area contributed by atoms with Crippen molar-refractivity contribution in [2.75, 3.05) is 24.5 Å². The molecule has 4 rings (SSSR count). The molecule has 6 nitrogen and oxygen atoms in total. The van der Waals surface area contributed by atoms with Crippen LogP contribution >= 0.6 is 23.1 Å². The highest BCUT2D eigenvalue weighted by molar-refractivity contribution is 7.14. The molecule has 2 aromatic rings. The third-order valence-corrected chi connectivity index (χ3v) is 8.38. The number of amides is 1. The molecule has 0 spiro atoms. The number of aryl methyl sites for hydroxylation is 2. The maximum Gasteiger partial charge on any atom is 0.269 e. The molecule has 1 amide bonds. The summed E-state index contributed by atoms with van der Waals surface area (Å²) in [5, 5.41) is 6.61. The molecule has 1 unspecified atom stereocenters. The summed E-state index contributed by atoms with van der Waals surface area (Å²) in [5.41, 5.74) is 3.60. The zero-order chi connectivity index (χ0) is 22.8. The number of carbonyl (C=O) groups excluding carboxylic acids is 1. The molecule has 0 aliphatic carbocycles. The molecule has 2 N–H and O–H groups in total. The van der Waals surface area contributed by atoms with Crippen LogP contribution in [0.3, 0.4) is 0 Å². The van der Waals surface area contributed by atoms with E-state index >= 15 is 0 Å². The number of hydrogen-bond acceptors (Lipinski definition) is 5. The van der Waals surface area contributed by atoms with E-state index in [1.165, 1.54) is 37.1 Å². The van der Waals surface area contributed by atoms with Crippen LogP contribution in [0.2, 0.25) is 0 Å². The van der Waals surface area contributed by atoms with Crippen molar-refractivity contribution < 1.29 is 4.79 Å². The third-order valence-electron chi connectivity index (χ3n) is 6.99. The first-order valence-electron chi connectivity index (χ1n) is 11.6. The molecule has 2 fully saturated rings. The van der Waals surface area contributed by atoms with Crippen molar-refractivity contribution in [3.8, 4) is 0 Å². The van der Waals surface area contributed by atoms with Gasteiger partial charge in [-0.15, -0.1) is 11.3 Å². The number of halogens is 1. The van der Waals surface area contributed by atoms with Gasteiger partial charge in [0.15, 0.2) is 0 Å². The summed E-state index contributed by atoms with van der Waals surface area (Å²) >= 11 is 8.06. The predicted octanol–water partition coefficient (Wildman–Crippen LogP) is 4.52. The van der Waals surface area contributed by atoms with E-state index in [-0.39, 0.29) is 18.0 Å². The number of piperidine rings is 2. The minimum atomic E-state index is -0.249. The molecule has 2 saturated heterocycles. The van der Waals surface area contributed by atoms with Crippen molar-refractivity contribution in [3.05, 3.63) is 49.7 Å². The van der Waals surface area contributed by atoms with Gasteiger partial charge in [-0.2, -0.15) is 0 Å². The lowest BCUT2D eigenvalue weighted by Gasteiger charge is -2.43. The number of aromatic amines is 1. The summed E-state index contributed by atoms with van der Waals surface area (Å²) in [7, 11) is 0. The van der Waals surface area contributed by atoms with E-state index in [2.05, 4.69) is 15.2 Å². The van der Waals surface area contributed by atoms with E-state index in [1.807, 2.05) is 32.2 Å². The van der Waals surface area contributed by atoms with Gasteiger partial charge in [0.25, 0.3) is 11.5 Å². The minimum absolute atomic E-state index is 0.0773. The topological polar surface area (TPSA) is 68.4 Å². The number of aromatic nitrogens is 1. The molecule has 32 heavy (non-hydrogen) atoms. The first kappa shape index (κ1) is 23.3. The summed E-state index contributed by atoms with van der Waals surface area (Å²) in [6.07, 6.45) is 6.14. The number of nitrogens with one attached hydrogen (secondary N) is 2. The fraction of sp³-hybridized carbons (Fsp3) is 0.583. The first-order valence-corrected chi connectivity index (χ1v) is 12.8. The molecule has 0 radical (unpaired) electrons.